The van der Waals surface area contributed by atoms with E-state index in [1.165, 1.54) is 13.4 Å². The van der Waals surface area contributed by atoms with Crippen LogP contribution in [0.5, 0.6) is 11.5 Å². The zero-order valence-corrected chi connectivity index (χ0v) is 15.3. The Morgan fingerprint density at radius 3 is 2.81 bits per heavy atom. The molecule has 0 radical (unpaired) electrons. The topological polar surface area (TPSA) is 94.1 Å². The van der Waals surface area contributed by atoms with Crippen LogP contribution >= 0.6 is 0 Å². The van der Waals surface area contributed by atoms with Crippen molar-refractivity contribution in [2.45, 2.75) is 32.9 Å². The number of ether oxygens (including phenoxy) is 2. The van der Waals surface area contributed by atoms with Crippen LogP contribution in [0.1, 0.15) is 19.6 Å². The molecule has 0 amide bonds. The molecule has 1 aliphatic carbocycles. The Hall–Kier alpha value is -2.51. The highest BCUT2D eigenvalue weighted by Crippen LogP contribution is 2.41. The van der Waals surface area contributed by atoms with E-state index in [-0.39, 0.29) is 35.2 Å². The lowest BCUT2D eigenvalue weighted by Crippen LogP contribution is -2.35. The smallest absolute Gasteiger partial charge is 0.206 e. The van der Waals surface area contributed by atoms with Gasteiger partial charge in [0.2, 0.25) is 11.2 Å². The molecule has 1 aromatic rings. The van der Waals surface area contributed by atoms with Crippen LogP contribution < -0.4 is 20.2 Å². The summed E-state index contributed by atoms with van der Waals surface area (Å²) in [5.74, 6) is 1.49. The Kier molecular flexibility index (Phi) is 5.20. The Balaban J connectivity index is 2.04. The van der Waals surface area contributed by atoms with Crippen LogP contribution in [-0.4, -0.2) is 37.5 Å². The van der Waals surface area contributed by atoms with Crippen molar-refractivity contribution in [2.24, 2.45) is 0 Å². The van der Waals surface area contributed by atoms with Crippen LogP contribution in [0.15, 0.2) is 32.0 Å². The van der Waals surface area contributed by atoms with Crippen molar-refractivity contribution < 1.29 is 23.4 Å². The molecule has 1 aromatic heterocycles. The maximum absolute atomic E-state index is 12.8. The van der Waals surface area contributed by atoms with Crippen LogP contribution in [0.2, 0.25) is 0 Å². The van der Waals surface area contributed by atoms with Crippen molar-refractivity contribution >= 4 is 11.0 Å². The molecule has 0 saturated heterocycles. The van der Waals surface area contributed by atoms with Gasteiger partial charge in [-0.15, -0.1) is 0 Å². The molecule has 0 spiro atoms. The Morgan fingerprint density at radius 1 is 1.35 bits per heavy atom. The number of fused-ring (bicyclic) bond motifs is 2. The number of benzene rings is 1. The minimum Gasteiger partial charge on any atom is -0.496 e. The molecule has 0 saturated carbocycles. The number of furan rings is 1. The Bertz CT molecular complexity index is 926. The third-order valence-corrected chi connectivity index (χ3v) is 4.02. The molecular formula is C19H23NO6. The minimum absolute atomic E-state index is 0.0224. The lowest BCUT2D eigenvalue weighted by Gasteiger charge is -2.17. The molecule has 2 N–H and O–H groups in total. The molecule has 2 aliphatic rings. The van der Waals surface area contributed by atoms with E-state index in [0.29, 0.717) is 29.0 Å². The van der Waals surface area contributed by atoms with Gasteiger partial charge in [-0.25, -0.2) is 0 Å². The first-order valence-corrected chi connectivity index (χ1v) is 8.48. The summed E-state index contributed by atoms with van der Waals surface area (Å²) in [5.41, 5.74) is 0.344. The van der Waals surface area contributed by atoms with Gasteiger partial charge in [-0.05, 0) is 13.0 Å². The van der Waals surface area contributed by atoms with E-state index in [1.807, 2.05) is 13.8 Å². The number of hydrogen-bond acceptors (Lipinski definition) is 7. The summed E-state index contributed by atoms with van der Waals surface area (Å²) in [5, 5.41) is 13.7. The maximum Gasteiger partial charge on any atom is 0.206 e. The van der Waals surface area contributed by atoms with Gasteiger partial charge in [0.15, 0.2) is 11.3 Å². The van der Waals surface area contributed by atoms with Crippen molar-refractivity contribution in [3.63, 3.8) is 0 Å². The van der Waals surface area contributed by atoms with Gasteiger partial charge in [0, 0.05) is 18.7 Å². The van der Waals surface area contributed by atoms with Crippen LogP contribution in [0.4, 0.5) is 0 Å². The molecule has 7 heteroatoms. The standard InChI is InChI=1S/C19H23NO6/c1-10(2)20-8-12(21)9-25-19-17-13(7-11(3)26-17)16(22)15-14(23-4)5-6-24-18(15)19/h5-7,10,12,20-21H,8-9H2,1-4H3. The van der Waals surface area contributed by atoms with E-state index in [9.17, 15) is 9.90 Å². The molecule has 3 rings (SSSR count). The van der Waals surface area contributed by atoms with Crippen LogP contribution in [0.3, 0.4) is 0 Å². The summed E-state index contributed by atoms with van der Waals surface area (Å²) in [7, 11) is 1.49. The molecule has 2 heterocycles. The van der Waals surface area contributed by atoms with E-state index >= 15 is 0 Å². The molecule has 140 valence electrons. The van der Waals surface area contributed by atoms with Crippen LogP contribution in [-0.2, 0) is 0 Å². The third-order valence-electron chi connectivity index (χ3n) is 4.02. The Morgan fingerprint density at radius 2 is 2.12 bits per heavy atom. The highest BCUT2D eigenvalue weighted by Gasteiger charge is 2.27. The maximum atomic E-state index is 12.8. The van der Waals surface area contributed by atoms with Crippen molar-refractivity contribution in [2.75, 3.05) is 20.3 Å². The molecule has 0 bridgehead atoms. The summed E-state index contributed by atoms with van der Waals surface area (Å²) < 4.78 is 22.3. The van der Waals surface area contributed by atoms with Crippen LogP contribution in [0, 0.1) is 6.92 Å². The predicted molar refractivity (Wildman–Crippen MR) is 97.3 cm³/mol. The second-order valence-electron chi connectivity index (χ2n) is 6.48. The second-order valence-corrected chi connectivity index (χ2v) is 6.48. The quantitative estimate of drug-likeness (QED) is 0.668. The van der Waals surface area contributed by atoms with Gasteiger partial charge in [-0.2, -0.15) is 0 Å². The minimum atomic E-state index is -0.726. The largest absolute Gasteiger partial charge is 0.496 e. The number of aryl methyl sites for hydroxylation is 1. The summed E-state index contributed by atoms with van der Waals surface area (Å²) >= 11 is 0. The lowest BCUT2D eigenvalue weighted by molar-refractivity contribution is 0.104. The van der Waals surface area contributed by atoms with Crippen molar-refractivity contribution in [1.82, 2.24) is 5.32 Å². The molecule has 1 unspecified atom stereocenters. The zero-order chi connectivity index (χ0) is 18.8. The number of hydrogen-bond donors (Lipinski definition) is 2. The number of rotatable bonds is 7. The normalized spacial score (nSPS) is 12.8. The van der Waals surface area contributed by atoms with E-state index < -0.39 is 6.10 Å². The van der Waals surface area contributed by atoms with Gasteiger partial charge in [0.25, 0.3) is 0 Å². The first kappa shape index (κ1) is 18.3. The summed E-state index contributed by atoms with van der Waals surface area (Å²) in [4.78, 5) is 12.8. The molecular weight excluding hydrogens is 338 g/mol. The predicted octanol–water partition coefficient (Wildman–Crippen LogP) is 2.55. The zero-order valence-electron chi connectivity index (χ0n) is 15.3. The molecule has 1 atom stereocenters. The Labute approximate surface area is 150 Å². The molecule has 26 heavy (non-hydrogen) atoms. The van der Waals surface area contributed by atoms with Crippen LogP contribution in [0.25, 0.3) is 22.3 Å². The summed E-state index contributed by atoms with van der Waals surface area (Å²) in [6, 6.07) is 3.49. The summed E-state index contributed by atoms with van der Waals surface area (Å²) in [6.07, 6.45) is 0.697. The van der Waals surface area contributed by atoms with Gasteiger partial charge in [0.05, 0.1) is 18.8 Å². The van der Waals surface area contributed by atoms with Gasteiger partial charge in [-0.1, -0.05) is 13.8 Å². The summed E-state index contributed by atoms with van der Waals surface area (Å²) in [6.45, 7) is 6.15. The van der Waals surface area contributed by atoms with E-state index in [2.05, 4.69) is 5.32 Å². The average Bonchev–Trinajstić information content (AvgIpc) is 3.01. The first-order chi connectivity index (χ1) is 12.4. The number of aliphatic hydroxyl groups is 1. The highest BCUT2D eigenvalue weighted by molar-refractivity contribution is 5.94. The number of methoxy groups -OCH3 is 1. The molecule has 7 nitrogen and oxygen atoms in total. The van der Waals surface area contributed by atoms with Gasteiger partial charge < -0.3 is 28.7 Å². The highest BCUT2D eigenvalue weighted by atomic mass is 16.5. The SMILES string of the molecule is COc1ccoc2c(OCC(O)CNC(C)C)c3oc(C)cc3c(=O)c1-2. The second kappa shape index (κ2) is 7.39. The van der Waals surface area contributed by atoms with Gasteiger partial charge in [-0.3, -0.25) is 4.79 Å². The number of aliphatic hydroxyl groups excluding tert-OH is 1. The number of nitrogens with one attached hydrogen (secondary N) is 1. The average molecular weight is 361 g/mol. The molecule has 0 aromatic carbocycles. The van der Waals surface area contributed by atoms with Crippen molar-refractivity contribution in [3.05, 3.63) is 34.4 Å². The molecule has 1 aliphatic heterocycles. The van der Waals surface area contributed by atoms with Crippen molar-refractivity contribution in [1.29, 1.82) is 0 Å². The van der Waals surface area contributed by atoms with E-state index in [0.717, 1.165) is 0 Å². The lowest BCUT2D eigenvalue weighted by atomic mass is 10.1. The van der Waals surface area contributed by atoms with Gasteiger partial charge in [0.1, 0.15) is 29.8 Å². The molecule has 0 fully saturated rings. The first-order valence-electron chi connectivity index (χ1n) is 8.48. The fourth-order valence-corrected chi connectivity index (χ4v) is 2.80. The monoisotopic (exact) mass is 361 g/mol. The van der Waals surface area contributed by atoms with E-state index in [4.69, 9.17) is 18.3 Å². The van der Waals surface area contributed by atoms with E-state index in [1.54, 1.807) is 19.1 Å². The van der Waals surface area contributed by atoms with Crippen molar-refractivity contribution in [3.8, 4) is 22.8 Å². The third kappa shape index (κ3) is 3.40. The van der Waals surface area contributed by atoms with Gasteiger partial charge >= 0.3 is 0 Å². The fourth-order valence-electron chi connectivity index (χ4n) is 2.80. The fraction of sp³-hybridized carbons (Fsp3) is 0.421.